The Balaban J connectivity index is 1.62. The number of rotatable bonds is 8. The van der Waals surface area contributed by atoms with Gasteiger partial charge in [-0.25, -0.2) is 9.79 Å². The number of hydrogen-bond donors (Lipinski definition) is 0. The lowest BCUT2D eigenvalue weighted by Gasteiger charge is -2.25. The van der Waals surface area contributed by atoms with Crippen molar-refractivity contribution in [1.29, 1.82) is 0 Å². The van der Waals surface area contributed by atoms with Crippen LogP contribution in [0.25, 0.3) is 6.08 Å². The Bertz CT molecular complexity index is 1960. The lowest BCUT2D eigenvalue weighted by Crippen LogP contribution is -2.40. The van der Waals surface area contributed by atoms with Crippen LogP contribution in [0.1, 0.15) is 36.6 Å². The molecule has 2 heterocycles. The van der Waals surface area contributed by atoms with Gasteiger partial charge in [-0.05, 0) is 84.2 Å². The number of carbonyl (C=O) groups excluding carboxylic acids is 1. The minimum absolute atomic E-state index is 0.0616. The molecule has 0 saturated heterocycles. The number of nitrogens with zero attached hydrogens (tertiary/aromatic N) is 3. The monoisotopic (exact) mass is 679 g/mol. The third-order valence-electron chi connectivity index (χ3n) is 6.73. The largest absolute Gasteiger partial charge is 0.496 e. The number of halogens is 1. The van der Waals surface area contributed by atoms with E-state index in [1.54, 1.807) is 57.4 Å². The number of thiazole rings is 1. The molecule has 0 unspecified atom stereocenters. The molecule has 1 atom stereocenters. The van der Waals surface area contributed by atoms with Crippen molar-refractivity contribution in [3.63, 3.8) is 0 Å². The lowest BCUT2D eigenvalue weighted by atomic mass is 9.96. The molecule has 0 amide bonds. The number of hydrogen-bond acceptors (Lipinski definition) is 9. The first kappa shape index (κ1) is 30.5. The van der Waals surface area contributed by atoms with E-state index in [-0.39, 0.29) is 23.4 Å². The summed E-state index contributed by atoms with van der Waals surface area (Å²) in [5.41, 5.74) is 2.51. The number of nitro benzene ring substituents is 1. The highest BCUT2D eigenvalue weighted by Gasteiger charge is 2.33. The van der Waals surface area contributed by atoms with Crippen molar-refractivity contribution in [3.05, 3.63) is 123 Å². The Morgan fingerprint density at radius 1 is 1.16 bits per heavy atom. The fraction of sp³-hybridized carbons (Fsp3) is 0.194. The van der Waals surface area contributed by atoms with Crippen molar-refractivity contribution in [2.75, 3.05) is 13.7 Å². The van der Waals surface area contributed by atoms with Gasteiger partial charge < -0.3 is 9.47 Å². The topological polar surface area (TPSA) is 113 Å². The molecule has 0 bridgehead atoms. The summed E-state index contributed by atoms with van der Waals surface area (Å²) in [7, 11) is 1.55. The van der Waals surface area contributed by atoms with Crippen molar-refractivity contribution in [3.8, 4) is 5.75 Å². The summed E-state index contributed by atoms with van der Waals surface area (Å²) < 4.78 is 13.2. The summed E-state index contributed by atoms with van der Waals surface area (Å²) in [6.07, 6.45) is 1.61. The van der Waals surface area contributed by atoms with Crippen LogP contribution in [0.2, 0.25) is 0 Å². The van der Waals surface area contributed by atoms with E-state index in [4.69, 9.17) is 9.47 Å². The summed E-state index contributed by atoms with van der Waals surface area (Å²) in [6, 6.07) is 17.2. The Labute approximate surface area is 263 Å². The number of allylic oxidation sites excluding steroid dienone is 1. The predicted octanol–water partition coefficient (Wildman–Crippen LogP) is 5.94. The van der Waals surface area contributed by atoms with E-state index < -0.39 is 16.9 Å². The zero-order valence-electron chi connectivity index (χ0n) is 23.6. The maximum atomic E-state index is 13.9. The van der Waals surface area contributed by atoms with Crippen molar-refractivity contribution < 1.29 is 19.2 Å². The average molecular weight is 681 g/mol. The Morgan fingerprint density at radius 3 is 2.56 bits per heavy atom. The maximum absolute atomic E-state index is 13.9. The quantitative estimate of drug-likeness (QED) is 0.129. The van der Waals surface area contributed by atoms with Gasteiger partial charge in [-0.1, -0.05) is 52.9 Å². The Morgan fingerprint density at radius 2 is 1.91 bits per heavy atom. The first-order valence-electron chi connectivity index (χ1n) is 13.2. The Hall–Kier alpha value is -4.00. The summed E-state index contributed by atoms with van der Waals surface area (Å²) in [5.74, 6) is 0.0346. The second-order valence-corrected chi connectivity index (χ2v) is 12.6. The number of ether oxygens (including phenoxy) is 2. The lowest BCUT2D eigenvalue weighted by molar-refractivity contribution is -0.387. The molecule has 0 N–H and O–H groups in total. The fourth-order valence-corrected chi connectivity index (χ4v) is 7.20. The van der Waals surface area contributed by atoms with Gasteiger partial charge >= 0.3 is 5.97 Å². The van der Waals surface area contributed by atoms with Crippen LogP contribution in [-0.2, 0) is 9.53 Å². The highest BCUT2D eigenvalue weighted by atomic mass is 79.9. The van der Waals surface area contributed by atoms with E-state index in [0.717, 1.165) is 21.8 Å². The molecule has 3 aromatic carbocycles. The van der Waals surface area contributed by atoms with Gasteiger partial charge in [0.25, 0.3) is 11.2 Å². The standard InChI is InChI=1S/C31H26BrN3O6S2/c1-5-41-30(37)27-18(3)33-31-34(28(27)20-9-12-24(40-4)22(32)16-20)29(36)26(43-31)15-19-8-13-25(23(14-19)35(38)39)42-21-10-6-17(2)7-11-21/h6-16,28H,5H2,1-4H3/b26-15-/t28-/m1/s1. The molecular formula is C31H26BrN3O6S2. The number of aromatic nitrogens is 1. The van der Waals surface area contributed by atoms with Gasteiger partial charge in [-0.3, -0.25) is 19.5 Å². The molecule has 43 heavy (non-hydrogen) atoms. The van der Waals surface area contributed by atoms with E-state index in [1.165, 1.54) is 22.4 Å². The molecule has 5 rings (SSSR count). The maximum Gasteiger partial charge on any atom is 0.338 e. The van der Waals surface area contributed by atoms with Crippen LogP contribution in [0, 0.1) is 17.0 Å². The second kappa shape index (κ2) is 12.7. The first-order valence-corrected chi connectivity index (χ1v) is 15.6. The van der Waals surface area contributed by atoms with Crippen molar-refractivity contribution in [2.45, 2.75) is 36.6 Å². The number of fused-ring (bicyclic) bond motifs is 1. The molecule has 12 heteroatoms. The molecule has 0 aliphatic carbocycles. The van der Waals surface area contributed by atoms with E-state index in [1.807, 2.05) is 31.2 Å². The molecule has 1 aliphatic heterocycles. The predicted molar refractivity (Wildman–Crippen MR) is 169 cm³/mol. The van der Waals surface area contributed by atoms with Crippen LogP contribution >= 0.6 is 39.0 Å². The molecule has 9 nitrogen and oxygen atoms in total. The van der Waals surface area contributed by atoms with Gasteiger partial charge in [-0.2, -0.15) is 0 Å². The number of benzene rings is 3. The summed E-state index contributed by atoms with van der Waals surface area (Å²) >= 11 is 5.96. The zero-order chi connectivity index (χ0) is 30.8. The van der Waals surface area contributed by atoms with E-state index in [0.29, 0.717) is 41.3 Å². The number of nitro groups is 1. The molecule has 1 aliphatic rings. The van der Waals surface area contributed by atoms with Gasteiger partial charge in [0.2, 0.25) is 0 Å². The van der Waals surface area contributed by atoms with Crippen LogP contribution in [0.4, 0.5) is 5.69 Å². The smallest absolute Gasteiger partial charge is 0.338 e. The number of carbonyl (C=O) groups is 1. The first-order chi connectivity index (χ1) is 20.6. The molecule has 0 radical (unpaired) electrons. The average Bonchev–Trinajstić information content (AvgIpc) is 3.28. The van der Waals surface area contributed by atoms with Crippen LogP contribution in [0.3, 0.4) is 0 Å². The zero-order valence-corrected chi connectivity index (χ0v) is 26.8. The fourth-order valence-electron chi connectivity index (χ4n) is 4.70. The van der Waals surface area contributed by atoms with Gasteiger partial charge in [-0.15, -0.1) is 0 Å². The van der Waals surface area contributed by atoms with E-state index in [9.17, 15) is 19.7 Å². The summed E-state index contributed by atoms with van der Waals surface area (Å²) in [5, 5.41) is 12.0. The van der Waals surface area contributed by atoms with Crippen LogP contribution in [0.15, 0.2) is 96.0 Å². The molecule has 0 fully saturated rings. The molecule has 1 aromatic heterocycles. The van der Waals surface area contributed by atoms with Gasteiger partial charge in [0, 0.05) is 11.0 Å². The minimum atomic E-state index is -0.803. The highest BCUT2D eigenvalue weighted by molar-refractivity contribution is 9.10. The van der Waals surface area contributed by atoms with Crippen molar-refractivity contribution in [2.24, 2.45) is 4.99 Å². The highest BCUT2D eigenvalue weighted by Crippen LogP contribution is 2.36. The number of esters is 1. The van der Waals surface area contributed by atoms with Gasteiger partial charge in [0.15, 0.2) is 4.80 Å². The normalized spacial score (nSPS) is 14.7. The summed E-state index contributed by atoms with van der Waals surface area (Å²) in [6.45, 7) is 5.57. The minimum Gasteiger partial charge on any atom is -0.496 e. The third kappa shape index (κ3) is 6.22. The molecule has 0 saturated carbocycles. The van der Waals surface area contributed by atoms with Crippen molar-refractivity contribution >= 4 is 56.8 Å². The summed E-state index contributed by atoms with van der Waals surface area (Å²) in [4.78, 5) is 45.0. The van der Waals surface area contributed by atoms with Crippen LogP contribution in [0.5, 0.6) is 5.75 Å². The molecule has 220 valence electrons. The SMILES string of the molecule is CCOC(=O)C1=C(C)N=c2s/c(=C\c3ccc(Sc4ccc(C)cc4)c([N+](=O)[O-])c3)c(=O)n2[C@@H]1c1ccc(OC)c(Br)c1. The number of aryl methyl sites for hydroxylation is 1. The van der Waals surface area contributed by atoms with Gasteiger partial charge in [0.05, 0.1) is 49.9 Å². The van der Waals surface area contributed by atoms with E-state index >= 15 is 0 Å². The molecule has 4 aromatic rings. The third-order valence-corrected chi connectivity index (χ3v) is 9.41. The Kier molecular flexibility index (Phi) is 9.00. The second-order valence-electron chi connectivity index (χ2n) is 9.60. The van der Waals surface area contributed by atoms with E-state index in [2.05, 4.69) is 20.9 Å². The van der Waals surface area contributed by atoms with Crippen LogP contribution in [-0.4, -0.2) is 29.2 Å². The van der Waals surface area contributed by atoms with Crippen molar-refractivity contribution in [1.82, 2.24) is 4.57 Å². The van der Waals surface area contributed by atoms with Crippen LogP contribution < -0.4 is 19.6 Å². The molecule has 0 spiro atoms. The van der Waals surface area contributed by atoms with Gasteiger partial charge in [0.1, 0.15) is 5.75 Å². The molecular weight excluding hydrogens is 654 g/mol. The number of methoxy groups -OCH3 is 1.